The first-order chi connectivity index (χ1) is 9.72. The van der Waals surface area contributed by atoms with Gasteiger partial charge < -0.3 is 4.42 Å². The van der Waals surface area contributed by atoms with Crippen LogP contribution in [0, 0.1) is 6.92 Å². The van der Waals surface area contributed by atoms with Crippen molar-refractivity contribution in [3.8, 4) is 11.5 Å². The Bertz CT molecular complexity index is 876. The van der Waals surface area contributed by atoms with E-state index in [1.165, 1.54) is 10.4 Å². The number of aromatic nitrogens is 1. The summed E-state index contributed by atoms with van der Waals surface area (Å²) in [6.45, 7) is 2.01. The van der Waals surface area contributed by atoms with Crippen LogP contribution in [-0.4, -0.2) is 4.98 Å². The molecule has 0 unspecified atom stereocenters. The molecule has 0 N–H and O–H groups in total. The van der Waals surface area contributed by atoms with E-state index in [0.717, 1.165) is 35.2 Å². The molecule has 0 amide bonds. The lowest BCUT2D eigenvalue weighted by atomic mass is 10.1. The van der Waals surface area contributed by atoms with Crippen molar-refractivity contribution < 1.29 is 4.42 Å². The minimum atomic E-state index is -0.245. The first-order valence-electron chi connectivity index (χ1n) is 6.75. The molecule has 0 bridgehead atoms. The Labute approximate surface area is 119 Å². The zero-order valence-corrected chi connectivity index (χ0v) is 11.9. The summed E-state index contributed by atoms with van der Waals surface area (Å²) in [5.74, 6) is 0.422. The molecule has 2 heterocycles. The molecule has 0 radical (unpaired) electrons. The van der Waals surface area contributed by atoms with Gasteiger partial charge >= 0.3 is 5.63 Å². The van der Waals surface area contributed by atoms with Gasteiger partial charge in [0.15, 0.2) is 0 Å². The molecule has 4 heteroatoms. The average molecular weight is 283 g/mol. The maximum absolute atomic E-state index is 12.3. The van der Waals surface area contributed by atoms with Crippen molar-refractivity contribution in [1.82, 2.24) is 4.98 Å². The molecule has 3 aromatic rings. The van der Waals surface area contributed by atoms with Crippen molar-refractivity contribution in [1.29, 1.82) is 0 Å². The van der Waals surface area contributed by atoms with Crippen LogP contribution in [0.2, 0.25) is 0 Å². The fourth-order valence-corrected chi connectivity index (χ4v) is 4.08. The molecule has 0 spiro atoms. The lowest BCUT2D eigenvalue weighted by Gasteiger charge is -2.01. The Morgan fingerprint density at radius 2 is 2.20 bits per heavy atom. The fraction of sp³-hybridized carbons (Fsp3) is 0.250. The summed E-state index contributed by atoms with van der Waals surface area (Å²) >= 11 is 1.64. The third-order valence-corrected chi connectivity index (χ3v) is 4.95. The van der Waals surface area contributed by atoms with Crippen LogP contribution in [0.4, 0.5) is 0 Å². The second-order valence-electron chi connectivity index (χ2n) is 5.21. The molecule has 1 aliphatic carbocycles. The average Bonchev–Trinajstić information content (AvgIpc) is 2.98. The molecule has 0 fully saturated rings. The van der Waals surface area contributed by atoms with E-state index in [0.29, 0.717) is 11.3 Å². The maximum Gasteiger partial charge on any atom is 0.348 e. The Balaban J connectivity index is 1.97. The number of rotatable bonds is 1. The zero-order chi connectivity index (χ0) is 13.7. The molecule has 20 heavy (non-hydrogen) atoms. The number of thiophene rings is 1. The van der Waals surface area contributed by atoms with Crippen molar-refractivity contribution in [2.45, 2.75) is 26.2 Å². The smallest absolute Gasteiger partial charge is 0.348 e. The fourth-order valence-electron chi connectivity index (χ4n) is 2.83. The molecule has 4 rings (SSSR count). The van der Waals surface area contributed by atoms with Crippen LogP contribution in [0.5, 0.6) is 0 Å². The van der Waals surface area contributed by atoms with Gasteiger partial charge in [-0.2, -0.15) is 0 Å². The van der Waals surface area contributed by atoms with Crippen molar-refractivity contribution in [3.63, 3.8) is 0 Å². The Morgan fingerprint density at radius 3 is 3.05 bits per heavy atom. The Morgan fingerprint density at radius 1 is 1.30 bits per heavy atom. The minimum absolute atomic E-state index is 0.245. The van der Waals surface area contributed by atoms with Crippen LogP contribution in [0.25, 0.3) is 21.7 Å². The number of nitrogens with zero attached hydrogens (tertiary/aromatic N) is 1. The standard InChI is InChI=1S/C16H13NO2S/c1-9-4-2-5-10(8-9)14-17-15-13(16(18)19-14)11-6-3-7-12(11)20-15/h2,4-5,8H,3,6-7H2,1H3. The number of fused-ring (bicyclic) bond motifs is 3. The Hall–Kier alpha value is -1.94. The SMILES string of the molecule is Cc1cccc(-c2nc3sc4c(c3c(=O)o2)CCC4)c1. The molecule has 1 aliphatic rings. The topological polar surface area (TPSA) is 43.1 Å². The van der Waals surface area contributed by atoms with Gasteiger partial charge in [0.1, 0.15) is 10.2 Å². The molecule has 0 atom stereocenters. The van der Waals surface area contributed by atoms with Gasteiger partial charge in [-0.3, -0.25) is 0 Å². The minimum Gasteiger partial charge on any atom is -0.403 e. The van der Waals surface area contributed by atoms with Crippen LogP contribution < -0.4 is 5.63 Å². The van der Waals surface area contributed by atoms with Gasteiger partial charge in [0.2, 0.25) is 5.89 Å². The quantitative estimate of drug-likeness (QED) is 0.683. The van der Waals surface area contributed by atoms with Gasteiger partial charge in [-0.05, 0) is 43.9 Å². The molecule has 0 saturated heterocycles. The number of benzene rings is 1. The summed E-state index contributed by atoms with van der Waals surface area (Å²) in [5, 5.41) is 0.707. The third kappa shape index (κ3) is 1.72. The van der Waals surface area contributed by atoms with E-state index < -0.39 is 0 Å². The van der Waals surface area contributed by atoms with E-state index in [-0.39, 0.29) is 5.63 Å². The molecular weight excluding hydrogens is 270 g/mol. The van der Waals surface area contributed by atoms with E-state index >= 15 is 0 Å². The molecule has 0 aliphatic heterocycles. The zero-order valence-electron chi connectivity index (χ0n) is 11.1. The van der Waals surface area contributed by atoms with Crippen LogP contribution in [-0.2, 0) is 12.8 Å². The summed E-state index contributed by atoms with van der Waals surface area (Å²) in [6, 6.07) is 7.87. The molecule has 2 aromatic heterocycles. The van der Waals surface area contributed by atoms with Crippen LogP contribution in [0.1, 0.15) is 22.4 Å². The normalized spacial score (nSPS) is 13.8. The predicted molar refractivity (Wildman–Crippen MR) is 80.4 cm³/mol. The van der Waals surface area contributed by atoms with Gasteiger partial charge in [0, 0.05) is 10.4 Å². The molecule has 0 saturated carbocycles. The van der Waals surface area contributed by atoms with Gasteiger partial charge in [-0.25, -0.2) is 9.78 Å². The van der Waals surface area contributed by atoms with Crippen molar-refractivity contribution in [2.24, 2.45) is 0 Å². The van der Waals surface area contributed by atoms with E-state index in [1.54, 1.807) is 11.3 Å². The largest absolute Gasteiger partial charge is 0.403 e. The van der Waals surface area contributed by atoms with E-state index in [9.17, 15) is 4.79 Å². The summed E-state index contributed by atoms with van der Waals surface area (Å²) < 4.78 is 5.46. The summed E-state index contributed by atoms with van der Waals surface area (Å²) in [4.78, 5) is 19.0. The highest BCUT2D eigenvalue weighted by Crippen LogP contribution is 2.35. The van der Waals surface area contributed by atoms with Gasteiger partial charge in [0.05, 0.1) is 0 Å². The van der Waals surface area contributed by atoms with E-state index in [4.69, 9.17) is 4.42 Å². The number of aryl methyl sites for hydroxylation is 3. The first-order valence-corrected chi connectivity index (χ1v) is 7.56. The van der Waals surface area contributed by atoms with Crippen LogP contribution in [0.3, 0.4) is 0 Å². The van der Waals surface area contributed by atoms with Crippen molar-refractivity contribution in [3.05, 3.63) is 50.7 Å². The third-order valence-electron chi connectivity index (χ3n) is 3.76. The lowest BCUT2D eigenvalue weighted by molar-refractivity contribution is 0.518. The van der Waals surface area contributed by atoms with Crippen molar-refractivity contribution in [2.75, 3.05) is 0 Å². The first kappa shape index (κ1) is 11.9. The second kappa shape index (κ2) is 4.28. The van der Waals surface area contributed by atoms with Crippen LogP contribution in [0.15, 0.2) is 33.5 Å². The van der Waals surface area contributed by atoms with Gasteiger partial charge in [0.25, 0.3) is 0 Å². The molecule has 3 nitrogen and oxygen atoms in total. The summed E-state index contributed by atoms with van der Waals surface area (Å²) in [6.07, 6.45) is 3.18. The van der Waals surface area contributed by atoms with Crippen molar-refractivity contribution >= 4 is 21.6 Å². The van der Waals surface area contributed by atoms with Crippen LogP contribution >= 0.6 is 11.3 Å². The second-order valence-corrected chi connectivity index (χ2v) is 6.30. The highest BCUT2D eigenvalue weighted by Gasteiger charge is 2.22. The summed E-state index contributed by atoms with van der Waals surface area (Å²) in [7, 11) is 0. The molecule has 100 valence electrons. The predicted octanol–water partition coefficient (Wildman–Crippen LogP) is 3.71. The van der Waals surface area contributed by atoms with E-state index in [2.05, 4.69) is 4.98 Å². The number of hydrogen-bond acceptors (Lipinski definition) is 4. The van der Waals surface area contributed by atoms with E-state index in [1.807, 2.05) is 31.2 Å². The number of hydrogen-bond donors (Lipinski definition) is 0. The monoisotopic (exact) mass is 283 g/mol. The highest BCUT2D eigenvalue weighted by molar-refractivity contribution is 7.18. The highest BCUT2D eigenvalue weighted by atomic mass is 32.1. The lowest BCUT2D eigenvalue weighted by Crippen LogP contribution is -2.03. The van der Waals surface area contributed by atoms with Gasteiger partial charge in [-0.1, -0.05) is 17.7 Å². The maximum atomic E-state index is 12.3. The summed E-state index contributed by atoms with van der Waals surface area (Å²) in [5.41, 5.74) is 2.91. The molecular formula is C16H13NO2S. The Kier molecular flexibility index (Phi) is 2.54. The molecule has 1 aromatic carbocycles. The van der Waals surface area contributed by atoms with Gasteiger partial charge in [-0.15, -0.1) is 11.3 Å².